The third-order valence-corrected chi connectivity index (χ3v) is 2.19. The first-order valence-corrected chi connectivity index (χ1v) is 3.81. The molecular formula is C4H6S2. The van der Waals surface area contributed by atoms with Crippen LogP contribution in [0.25, 0.3) is 0 Å². The van der Waals surface area contributed by atoms with Crippen LogP contribution < -0.4 is 0 Å². The average molecular weight is 118 g/mol. The van der Waals surface area contributed by atoms with Crippen LogP contribution in [0.5, 0.6) is 0 Å². The van der Waals surface area contributed by atoms with E-state index in [4.69, 9.17) is 0 Å². The van der Waals surface area contributed by atoms with E-state index in [1.165, 1.54) is 17.7 Å². The van der Waals surface area contributed by atoms with Gasteiger partial charge in [-0.25, -0.2) is 0 Å². The molecule has 0 atom stereocenters. The number of hydrogen-bond acceptors (Lipinski definition) is 2. The van der Waals surface area contributed by atoms with E-state index in [2.05, 4.69) is 17.7 Å². The molecule has 2 heteroatoms. The maximum atomic E-state index is 4.00. The lowest BCUT2D eigenvalue weighted by Crippen LogP contribution is -1.84. The molecule has 0 saturated heterocycles. The molecule has 0 radical (unpaired) electrons. The van der Waals surface area contributed by atoms with E-state index in [1.807, 2.05) is 0 Å². The lowest BCUT2D eigenvalue weighted by Gasteiger charge is -2.07. The second-order valence-corrected chi connectivity index (χ2v) is 2.56. The quantitative estimate of drug-likeness (QED) is 0.407. The summed E-state index contributed by atoms with van der Waals surface area (Å²) in [5.41, 5.74) is 0. The number of allylic oxidation sites excluding steroid dienone is 2. The van der Waals surface area contributed by atoms with Crippen molar-refractivity contribution in [3.8, 4) is 0 Å². The summed E-state index contributed by atoms with van der Waals surface area (Å²) in [5, 5.41) is 0. The van der Waals surface area contributed by atoms with Crippen LogP contribution in [-0.2, 0) is 0 Å². The Bertz CT molecular complexity index is 75.6. The molecule has 0 N–H and O–H groups in total. The molecular weight excluding hydrogens is 112 g/mol. The van der Waals surface area contributed by atoms with Crippen LogP contribution in [0.15, 0.2) is 11.0 Å². The fraction of sp³-hybridized carbons (Fsp3) is 0.500. The maximum absolute atomic E-state index is 4.00. The van der Waals surface area contributed by atoms with Gasteiger partial charge in [-0.15, -0.1) is 11.7 Å². The van der Waals surface area contributed by atoms with Crippen LogP contribution >= 0.6 is 22.5 Å². The van der Waals surface area contributed by atoms with E-state index in [-0.39, 0.29) is 0 Å². The Morgan fingerprint density at radius 3 is 2.50 bits per heavy atom. The Hall–Kier alpha value is 0.440. The van der Waals surface area contributed by atoms with E-state index in [0.717, 1.165) is 0 Å². The van der Waals surface area contributed by atoms with Crippen LogP contribution in [0.1, 0.15) is 12.8 Å². The van der Waals surface area contributed by atoms with Gasteiger partial charge in [0.05, 0.1) is 0 Å². The minimum atomic E-state index is 1.26. The van der Waals surface area contributed by atoms with Gasteiger partial charge in [0, 0.05) is 0 Å². The van der Waals surface area contributed by atoms with Crippen molar-refractivity contribution in [3.05, 3.63) is 11.0 Å². The molecule has 1 aliphatic rings. The van der Waals surface area contributed by atoms with Crippen LogP contribution in [-0.4, -0.2) is 0 Å². The van der Waals surface area contributed by atoms with Crippen molar-refractivity contribution >= 4 is 22.5 Å². The Balaban J connectivity index is 2.32. The predicted molar refractivity (Wildman–Crippen MR) is 33.9 cm³/mol. The van der Waals surface area contributed by atoms with Gasteiger partial charge in [-0.1, -0.05) is 16.9 Å². The zero-order valence-corrected chi connectivity index (χ0v) is 5.06. The van der Waals surface area contributed by atoms with Crippen molar-refractivity contribution in [1.29, 1.82) is 0 Å². The highest BCUT2D eigenvalue weighted by molar-refractivity contribution is 8.70. The maximum Gasteiger partial charge on any atom is -0.00811 e. The van der Waals surface area contributed by atoms with E-state index in [9.17, 15) is 0 Å². The van der Waals surface area contributed by atoms with Crippen LogP contribution in [0, 0.1) is 0 Å². The zero-order valence-electron chi connectivity index (χ0n) is 3.35. The van der Waals surface area contributed by atoms with Crippen molar-refractivity contribution in [2.24, 2.45) is 0 Å². The Kier molecular flexibility index (Phi) is 1.48. The predicted octanol–water partition coefficient (Wildman–Crippen LogP) is 2.24. The molecule has 6 heavy (non-hydrogen) atoms. The van der Waals surface area contributed by atoms with Crippen molar-refractivity contribution in [1.82, 2.24) is 0 Å². The molecule has 0 amide bonds. The van der Waals surface area contributed by atoms with Crippen molar-refractivity contribution < 1.29 is 0 Å². The Morgan fingerprint density at radius 1 is 1.83 bits per heavy atom. The molecule has 1 aliphatic carbocycles. The van der Waals surface area contributed by atoms with Crippen molar-refractivity contribution in [2.45, 2.75) is 12.8 Å². The SMILES string of the molecule is SSC1=CCC1. The lowest BCUT2D eigenvalue weighted by molar-refractivity contribution is 0.943. The van der Waals surface area contributed by atoms with Crippen LogP contribution in [0.2, 0.25) is 0 Å². The largest absolute Gasteiger partial charge is 0.106 e. The Labute approximate surface area is 46.8 Å². The highest BCUT2D eigenvalue weighted by Crippen LogP contribution is 2.31. The minimum Gasteiger partial charge on any atom is -0.106 e. The summed E-state index contributed by atoms with van der Waals surface area (Å²) in [5.74, 6) is 0. The van der Waals surface area contributed by atoms with Gasteiger partial charge in [0.15, 0.2) is 0 Å². The molecule has 0 aromatic carbocycles. The van der Waals surface area contributed by atoms with Crippen LogP contribution in [0.4, 0.5) is 0 Å². The molecule has 0 spiro atoms. The van der Waals surface area contributed by atoms with E-state index in [1.54, 1.807) is 10.8 Å². The van der Waals surface area contributed by atoms with Gasteiger partial charge in [-0.2, -0.15) is 0 Å². The fourth-order valence-electron chi connectivity index (χ4n) is 0.345. The van der Waals surface area contributed by atoms with Gasteiger partial charge >= 0.3 is 0 Å². The summed E-state index contributed by atoms with van der Waals surface area (Å²) in [7, 11) is 1.57. The molecule has 0 nitrogen and oxygen atoms in total. The lowest BCUT2D eigenvalue weighted by atomic mass is 10.1. The molecule has 0 aromatic heterocycles. The summed E-state index contributed by atoms with van der Waals surface area (Å²) in [6.07, 6.45) is 4.73. The normalized spacial score (nSPS) is 19.2. The van der Waals surface area contributed by atoms with Gasteiger partial charge < -0.3 is 0 Å². The topological polar surface area (TPSA) is 0 Å². The summed E-state index contributed by atoms with van der Waals surface area (Å²) in [6, 6.07) is 0. The highest BCUT2D eigenvalue weighted by atomic mass is 33.1. The van der Waals surface area contributed by atoms with Gasteiger partial charge in [0.2, 0.25) is 0 Å². The molecule has 0 fully saturated rings. The third kappa shape index (κ3) is 0.738. The molecule has 0 unspecified atom stereocenters. The standard InChI is InChI=1S/C4H6S2/c5-6-4-2-1-3-4/h2,5H,1,3H2. The number of thiol groups is 1. The first-order valence-electron chi connectivity index (χ1n) is 1.94. The van der Waals surface area contributed by atoms with Crippen LogP contribution in [0.3, 0.4) is 0 Å². The van der Waals surface area contributed by atoms with Gasteiger partial charge in [-0.3, -0.25) is 0 Å². The second-order valence-electron chi connectivity index (χ2n) is 1.30. The van der Waals surface area contributed by atoms with Gasteiger partial charge in [0.25, 0.3) is 0 Å². The van der Waals surface area contributed by atoms with Crippen molar-refractivity contribution in [2.75, 3.05) is 0 Å². The zero-order chi connectivity index (χ0) is 4.41. The third-order valence-electron chi connectivity index (χ3n) is 0.880. The molecule has 0 aromatic rings. The summed E-state index contributed by atoms with van der Waals surface area (Å²) < 4.78 is 0. The average Bonchev–Trinajstić information content (AvgIpc) is 1.31. The first-order chi connectivity index (χ1) is 2.93. The molecule has 0 bridgehead atoms. The fourth-order valence-corrected chi connectivity index (χ4v) is 1.24. The second kappa shape index (κ2) is 1.94. The van der Waals surface area contributed by atoms with E-state index >= 15 is 0 Å². The molecule has 1 rings (SSSR count). The smallest absolute Gasteiger partial charge is 0.00811 e. The Morgan fingerprint density at radius 2 is 2.50 bits per heavy atom. The summed E-state index contributed by atoms with van der Waals surface area (Å²) >= 11 is 4.00. The minimum absolute atomic E-state index is 1.26. The molecule has 0 aliphatic heterocycles. The van der Waals surface area contributed by atoms with Gasteiger partial charge in [-0.05, 0) is 17.7 Å². The van der Waals surface area contributed by atoms with E-state index in [0.29, 0.717) is 0 Å². The first kappa shape index (κ1) is 4.60. The number of rotatable bonds is 1. The van der Waals surface area contributed by atoms with Gasteiger partial charge in [0.1, 0.15) is 0 Å². The summed E-state index contributed by atoms with van der Waals surface area (Å²) in [6.45, 7) is 0. The van der Waals surface area contributed by atoms with E-state index < -0.39 is 0 Å². The van der Waals surface area contributed by atoms with Crippen molar-refractivity contribution in [3.63, 3.8) is 0 Å². The highest BCUT2D eigenvalue weighted by Gasteiger charge is 2.01. The summed E-state index contributed by atoms with van der Waals surface area (Å²) in [4.78, 5) is 1.43. The molecule has 34 valence electrons. The monoisotopic (exact) mass is 118 g/mol. The molecule has 0 heterocycles. The number of hydrogen-bond donors (Lipinski definition) is 1. The molecule has 0 saturated carbocycles.